The molecule has 0 amide bonds. The van der Waals surface area contributed by atoms with Crippen LogP contribution in [0.25, 0.3) is 0 Å². The first-order valence-electron chi connectivity index (χ1n) is 7.07. The first-order valence-corrected chi connectivity index (χ1v) is 8.14. The molecule has 0 aliphatic carbocycles. The summed E-state index contributed by atoms with van der Waals surface area (Å²) in [5.74, 6) is 0. The van der Waals surface area contributed by atoms with Gasteiger partial charge in [0.1, 0.15) is 0 Å². The van der Waals surface area contributed by atoms with E-state index in [9.17, 15) is 0 Å². The highest BCUT2D eigenvalue weighted by molar-refractivity contribution is 14.1. The molecule has 0 N–H and O–H groups in total. The third kappa shape index (κ3) is 6.74. The molecule has 0 atom stereocenters. The number of benzene rings is 1. The molecule has 0 aromatic heterocycles. The van der Waals surface area contributed by atoms with E-state index in [1.807, 2.05) is 0 Å². The van der Waals surface area contributed by atoms with Crippen molar-refractivity contribution in [2.24, 2.45) is 0 Å². The maximum absolute atomic E-state index is 5.72. The summed E-state index contributed by atoms with van der Waals surface area (Å²) in [5.41, 5.74) is 2.63. The van der Waals surface area contributed by atoms with Crippen molar-refractivity contribution in [3.8, 4) is 0 Å². The highest BCUT2D eigenvalue weighted by Gasteiger charge is 1.98. The monoisotopic (exact) mass is 360 g/mol. The van der Waals surface area contributed by atoms with Gasteiger partial charge in [0.15, 0.2) is 0 Å². The lowest BCUT2D eigenvalue weighted by molar-refractivity contribution is 0.116. The Bertz CT molecular complexity index is 336. The maximum Gasteiger partial charge on any atom is 0.0717 e. The van der Waals surface area contributed by atoms with Crippen LogP contribution in [0.15, 0.2) is 18.2 Å². The van der Waals surface area contributed by atoms with Gasteiger partial charge in [0.25, 0.3) is 0 Å². The van der Waals surface area contributed by atoms with Crippen LogP contribution in [0, 0.1) is 10.5 Å². The summed E-state index contributed by atoms with van der Waals surface area (Å²) in [6.45, 7) is 6.05. The van der Waals surface area contributed by atoms with Gasteiger partial charge < -0.3 is 4.74 Å². The van der Waals surface area contributed by atoms with Crippen LogP contribution in [0.3, 0.4) is 0 Å². The molecule has 2 heteroatoms. The van der Waals surface area contributed by atoms with Crippen molar-refractivity contribution in [2.45, 2.75) is 59.0 Å². The fraction of sp³-hybridized carbons (Fsp3) is 0.625. The van der Waals surface area contributed by atoms with Crippen LogP contribution in [-0.4, -0.2) is 6.61 Å². The topological polar surface area (TPSA) is 9.23 Å². The lowest BCUT2D eigenvalue weighted by Gasteiger charge is -2.06. The van der Waals surface area contributed by atoms with E-state index in [4.69, 9.17) is 4.74 Å². The summed E-state index contributed by atoms with van der Waals surface area (Å²) in [6, 6.07) is 6.56. The fourth-order valence-electron chi connectivity index (χ4n) is 1.90. The molecule has 0 saturated heterocycles. The second-order valence-corrected chi connectivity index (χ2v) is 6.07. The van der Waals surface area contributed by atoms with E-state index in [2.05, 4.69) is 54.6 Å². The highest BCUT2D eigenvalue weighted by Crippen LogP contribution is 2.14. The predicted octanol–water partition coefficient (Wildman–Crippen LogP) is 5.48. The molecule has 0 bridgehead atoms. The van der Waals surface area contributed by atoms with Crippen molar-refractivity contribution < 1.29 is 4.74 Å². The highest BCUT2D eigenvalue weighted by atomic mass is 127. The van der Waals surface area contributed by atoms with Gasteiger partial charge in [0, 0.05) is 10.2 Å². The van der Waals surface area contributed by atoms with Gasteiger partial charge in [-0.25, -0.2) is 0 Å². The minimum atomic E-state index is 0.755. The molecule has 0 unspecified atom stereocenters. The molecule has 0 heterocycles. The average molecular weight is 360 g/mol. The van der Waals surface area contributed by atoms with Crippen molar-refractivity contribution in [1.82, 2.24) is 0 Å². The van der Waals surface area contributed by atoms with Gasteiger partial charge in [-0.15, -0.1) is 0 Å². The molecule has 0 spiro atoms. The van der Waals surface area contributed by atoms with E-state index < -0.39 is 0 Å². The van der Waals surface area contributed by atoms with Crippen molar-refractivity contribution in [3.63, 3.8) is 0 Å². The van der Waals surface area contributed by atoms with Crippen molar-refractivity contribution in [1.29, 1.82) is 0 Å². The fourth-order valence-corrected chi connectivity index (χ4v) is 2.48. The lowest BCUT2D eigenvalue weighted by Crippen LogP contribution is -1.96. The Labute approximate surface area is 125 Å². The van der Waals surface area contributed by atoms with Gasteiger partial charge in [-0.2, -0.15) is 0 Å². The number of halogens is 1. The van der Waals surface area contributed by atoms with Crippen LogP contribution < -0.4 is 0 Å². The summed E-state index contributed by atoms with van der Waals surface area (Å²) in [5, 5.41) is 0. The largest absolute Gasteiger partial charge is 0.377 e. The number of aryl methyl sites for hydroxylation is 1. The van der Waals surface area contributed by atoms with Crippen LogP contribution in [0.2, 0.25) is 0 Å². The van der Waals surface area contributed by atoms with Crippen LogP contribution in [0.1, 0.15) is 56.6 Å². The van der Waals surface area contributed by atoms with E-state index in [0.29, 0.717) is 0 Å². The summed E-state index contributed by atoms with van der Waals surface area (Å²) in [7, 11) is 0. The van der Waals surface area contributed by atoms with E-state index in [0.717, 1.165) is 13.2 Å². The van der Waals surface area contributed by atoms with Gasteiger partial charge in [-0.05, 0) is 53.1 Å². The Kier molecular flexibility index (Phi) is 8.68. The third-order valence-electron chi connectivity index (χ3n) is 3.15. The molecule has 0 aliphatic rings. The molecular formula is C16H25IO. The third-order valence-corrected chi connectivity index (χ3v) is 4.31. The van der Waals surface area contributed by atoms with Gasteiger partial charge in [-0.1, -0.05) is 51.2 Å². The minimum absolute atomic E-state index is 0.755. The van der Waals surface area contributed by atoms with Gasteiger partial charge >= 0.3 is 0 Å². The minimum Gasteiger partial charge on any atom is -0.377 e. The van der Waals surface area contributed by atoms with Gasteiger partial charge in [0.2, 0.25) is 0 Å². The molecule has 102 valence electrons. The number of ether oxygens (including phenoxy) is 1. The number of hydrogen-bond acceptors (Lipinski definition) is 1. The van der Waals surface area contributed by atoms with E-state index >= 15 is 0 Å². The normalized spacial score (nSPS) is 10.8. The average Bonchev–Trinajstić information content (AvgIpc) is 2.37. The standard InChI is InChI=1S/C16H25IO/c1-3-4-5-6-7-8-11-18-13-15-10-9-14(2)16(17)12-15/h9-10,12H,3-8,11,13H2,1-2H3. The Hall–Kier alpha value is -0.0900. The number of hydrogen-bond donors (Lipinski definition) is 0. The SMILES string of the molecule is CCCCCCCCOCc1ccc(C)c(I)c1. The van der Waals surface area contributed by atoms with Crippen molar-refractivity contribution in [2.75, 3.05) is 6.61 Å². The summed E-state index contributed by atoms with van der Waals surface area (Å²) >= 11 is 2.38. The molecule has 0 aliphatic heterocycles. The maximum atomic E-state index is 5.72. The Morgan fingerprint density at radius 2 is 1.78 bits per heavy atom. The number of rotatable bonds is 9. The summed E-state index contributed by atoms with van der Waals surface area (Å²) in [4.78, 5) is 0. The smallest absolute Gasteiger partial charge is 0.0717 e. The van der Waals surface area contributed by atoms with Gasteiger partial charge in [-0.3, -0.25) is 0 Å². The quantitative estimate of drug-likeness (QED) is 0.419. The molecule has 1 nitrogen and oxygen atoms in total. The summed E-state index contributed by atoms with van der Waals surface area (Å²) < 4.78 is 7.04. The summed E-state index contributed by atoms with van der Waals surface area (Å²) in [6.07, 6.45) is 7.95. The van der Waals surface area contributed by atoms with Crippen LogP contribution >= 0.6 is 22.6 Å². The zero-order valence-electron chi connectivity index (χ0n) is 11.7. The van der Waals surface area contributed by atoms with Crippen LogP contribution in [0.5, 0.6) is 0 Å². The van der Waals surface area contributed by atoms with E-state index in [-0.39, 0.29) is 0 Å². The Morgan fingerprint density at radius 3 is 2.50 bits per heavy atom. The molecular weight excluding hydrogens is 335 g/mol. The molecule has 0 radical (unpaired) electrons. The Balaban J connectivity index is 2.05. The molecule has 1 aromatic rings. The molecule has 18 heavy (non-hydrogen) atoms. The zero-order valence-corrected chi connectivity index (χ0v) is 13.8. The van der Waals surface area contributed by atoms with Gasteiger partial charge in [0.05, 0.1) is 6.61 Å². The van der Waals surface area contributed by atoms with Crippen LogP contribution in [-0.2, 0) is 11.3 Å². The molecule has 0 fully saturated rings. The van der Waals surface area contributed by atoms with E-state index in [1.54, 1.807) is 0 Å². The first-order chi connectivity index (χ1) is 8.74. The van der Waals surface area contributed by atoms with Crippen molar-refractivity contribution in [3.05, 3.63) is 32.9 Å². The Morgan fingerprint density at radius 1 is 1.06 bits per heavy atom. The zero-order chi connectivity index (χ0) is 13.2. The number of unbranched alkanes of at least 4 members (excludes halogenated alkanes) is 5. The second-order valence-electron chi connectivity index (χ2n) is 4.90. The first kappa shape index (κ1) is 16.0. The molecule has 0 saturated carbocycles. The lowest BCUT2D eigenvalue weighted by atomic mass is 10.1. The molecule has 1 rings (SSSR count). The predicted molar refractivity (Wildman–Crippen MR) is 86.9 cm³/mol. The molecule has 1 aromatic carbocycles. The van der Waals surface area contributed by atoms with E-state index in [1.165, 1.54) is 53.2 Å². The van der Waals surface area contributed by atoms with Crippen molar-refractivity contribution >= 4 is 22.6 Å². The van der Waals surface area contributed by atoms with Crippen LogP contribution in [0.4, 0.5) is 0 Å². The second kappa shape index (κ2) is 9.79.